The first-order valence-corrected chi connectivity index (χ1v) is 10.9. The number of benzene rings is 2. The van der Waals surface area contributed by atoms with E-state index in [0.717, 1.165) is 38.8 Å². The fraction of sp³-hybridized carbons (Fsp3) is 0.250. The Morgan fingerprint density at radius 2 is 2.03 bits per heavy atom. The average Bonchev–Trinajstić information content (AvgIpc) is 3.18. The molecule has 0 radical (unpaired) electrons. The van der Waals surface area contributed by atoms with Crippen molar-refractivity contribution in [3.8, 4) is 5.75 Å². The van der Waals surface area contributed by atoms with Crippen molar-refractivity contribution in [2.45, 2.75) is 19.1 Å². The Morgan fingerprint density at radius 3 is 2.79 bits per heavy atom. The van der Waals surface area contributed by atoms with Gasteiger partial charge in [-0.15, -0.1) is 5.10 Å². The third-order valence-electron chi connectivity index (χ3n) is 4.70. The lowest BCUT2D eigenvalue weighted by atomic mass is 10.1. The van der Waals surface area contributed by atoms with E-state index in [1.807, 2.05) is 18.2 Å². The largest absolute Gasteiger partial charge is 0.497 e. The monoisotopic (exact) mass is 494 g/mol. The van der Waals surface area contributed by atoms with Crippen LogP contribution in [0.25, 0.3) is 21.1 Å². The van der Waals surface area contributed by atoms with Gasteiger partial charge in [-0.25, -0.2) is 9.67 Å². The van der Waals surface area contributed by atoms with Gasteiger partial charge in [0.2, 0.25) is 0 Å². The minimum atomic E-state index is -4.51. The van der Waals surface area contributed by atoms with Crippen LogP contribution in [0.5, 0.6) is 5.75 Å². The van der Waals surface area contributed by atoms with Crippen molar-refractivity contribution in [1.29, 1.82) is 0 Å². The molecule has 0 aliphatic carbocycles. The van der Waals surface area contributed by atoms with E-state index in [1.54, 1.807) is 7.11 Å². The minimum absolute atomic E-state index is 0.0793. The summed E-state index contributed by atoms with van der Waals surface area (Å²) in [5.74, 6) is 0.742. The number of methoxy groups -OCH3 is 1. The molecule has 33 heavy (non-hydrogen) atoms. The minimum Gasteiger partial charge on any atom is -0.497 e. The molecule has 0 saturated heterocycles. The molecule has 2 aromatic heterocycles. The van der Waals surface area contributed by atoms with Crippen LogP contribution < -0.4 is 20.9 Å². The van der Waals surface area contributed by atoms with Crippen molar-refractivity contribution in [3.63, 3.8) is 0 Å². The quantitative estimate of drug-likeness (QED) is 0.309. The number of nitrogens with zero attached hydrogens (tertiary/aromatic N) is 4. The lowest BCUT2D eigenvalue weighted by molar-refractivity contribution is -0.137. The van der Waals surface area contributed by atoms with E-state index in [4.69, 9.17) is 17.0 Å². The summed E-state index contributed by atoms with van der Waals surface area (Å²) in [4.78, 5) is 17.0. The summed E-state index contributed by atoms with van der Waals surface area (Å²) in [5.41, 5.74) is -0.649. The maximum absolute atomic E-state index is 12.8. The van der Waals surface area contributed by atoms with E-state index in [1.165, 1.54) is 11.3 Å². The van der Waals surface area contributed by atoms with E-state index >= 15 is 0 Å². The van der Waals surface area contributed by atoms with Crippen molar-refractivity contribution in [1.82, 2.24) is 25.3 Å². The van der Waals surface area contributed by atoms with E-state index in [9.17, 15) is 18.0 Å². The third-order valence-corrected chi connectivity index (χ3v) is 5.88. The molecule has 4 rings (SSSR count). The number of alkyl halides is 3. The zero-order valence-corrected chi connectivity index (χ0v) is 18.8. The highest BCUT2D eigenvalue weighted by molar-refractivity contribution is 7.80. The van der Waals surface area contributed by atoms with Crippen LogP contribution in [0.2, 0.25) is 0 Å². The van der Waals surface area contributed by atoms with Gasteiger partial charge in [-0.3, -0.25) is 4.79 Å². The van der Waals surface area contributed by atoms with Crippen LogP contribution in [0, 0.1) is 0 Å². The number of fused-ring (bicyclic) bond motifs is 2. The highest BCUT2D eigenvalue weighted by Gasteiger charge is 2.30. The molecule has 0 aliphatic rings. The number of ether oxygens (including phenoxy) is 1. The van der Waals surface area contributed by atoms with Gasteiger partial charge in [0, 0.05) is 13.1 Å². The van der Waals surface area contributed by atoms with Gasteiger partial charge < -0.3 is 15.4 Å². The van der Waals surface area contributed by atoms with Gasteiger partial charge in [-0.1, -0.05) is 16.6 Å². The smallest absolute Gasteiger partial charge is 0.416 e. The average molecular weight is 495 g/mol. The molecule has 0 bridgehead atoms. The number of thiazole rings is 1. The number of aromatic nitrogens is 4. The van der Waals surface area contributed by atoms with E-state index in [2.05, 4.69) is 25.9 Å². The maximum Gasteiger partial charge on any atom is 0.416 e. The first kappa shape index (κ1) is 22.9. The Balaban J connectivity index is 1.32. The molecule has 0 amide bonds. The van der Waals surface area contributed by atoms with Gasteiger partial charge in [0.15, 0.2) is 10.2 Å². The number of thiocarbonyl (C=S) groups is 1. The van der Waals surface area contributed by atoms with Crippen molar-refractivity contribution in [2.24, 2.45) is 0 Å². The van der Waals surface area contributed by atoms with Crippen molar-refractivity contribution >= 4 is 54.9 Å². The number of nitrogens with one attached hydrogen (secondary N) is 2. The molecular weight excluding hydrogens is 477 g/mol. The molecule has 2 heterocycles. The summed E-state index contributed by atoms with van der Waals surface area (Å²) in [5, 5.41) is 14.6. The van der Waals surface area contributed by atoms with Crippen LogP contribution in [-0.2, 0) is 12.7 Å². The molecule has 2 aromatic carbocycles. The van der Waals surface area contributed by atoms with Crippen LogP contribution in [-0.4, -0.2) is 38.7 Å². The first-order valence-electron chi connectivity index (χ1n) is 9.69. The molecule has 0 unspecified atom stereocenters. The Hall–Kier alpha value is -3.32. The number of hydrogen-bond acceptors (Lipinski definition) is 7. The SMILES string of the molecule is COc1ccc2nc(NC(=S)NCCCn3nnc4cc(C(F)(F)F)ccc4c3=O)sc2c1. The van der Waals surface area contributed by atoms with Gasteiger partial charge in [0.1, 0.15) is 11.3 Å². The van der Waals surface area contributed by atoms with Gasteiger partial charge in [-0.05, 0) is 55.0 Å². The molecule has 2 N–H and O–H groups in total. The predicted molar refractivity (Wildman–Crippen MR) is 124 cm³/mol. The molecule has 0 saturated carbocycles. The molecule has 172 valence electrons. The van der Waals surface area contributed by atoms with Crippen LogP contribution in [0.15, 0.2) is 41.2 Å². The lowest BCUT2D eigenvalue weighted by Gasteiger charge is -2.10. The van der Waals surface area contributed by atoms with Crippen LogP contribution >= 0.6 is 23.6 Å². The molecular formula is C20H17F3N6O2S2. The number of aryl methyl sites for hydroxylation is 1. The summed E-state index contributed by atoms with van der Waals surface area (Å²) in [6.45, 7) is 0.656. The molecule has 8 nitrogen and oxygen atoms in total. The highest BCUT2D eigenvalue weighted by atomic mass is 32.1. The third kappa shape index (κ3) is 5.20. The number of anilines is 1. The summed E-state index contributed by atoms with van der Waals surface area (Å²) < 4.78 is 45.8. The number of hydrogen-bond donors (Lipinski definition) is 2. The molecule has 0 atom stereocenters. The van der Waals surface area contributed by atoms with E-state index < -0.39 is 17.3 Å². The van der Waals surface area contributed by atoms with Crippen molar-refractivity contribution in [2.75, 3.05) is 19.0 Å². The Labute approximate surface area is 194 Å². The molecule has 0 fully saturated rings. The van der Waals surface area contributed by atoms with Gasteiger partial charge in [0.25, 0.3) is 5.56 Å². The topological polar surface area (TPSA) is 94.0 Å². The van der Waals surface area contributed by atoms with Crippen molar-refractivity contribution in [3.05, 3.63) is 52.3 Å². The standard InChI is InChI=1S/C20H17F3N6O2S2/c1-31-12-4-6-14-16(10-12)33-19(25-14)26-18(32)24-7-2-8-29-17(30)13-5-3-11(20(21,22)23)9-15(13)27-28-29/h3-6,9-10H,2,7-8H2,1H3,(H2,24,25,26,32). The molecule has 0 spiro atoms. The van der Waals surface area contributed by atoms with E-state index in [0.29, 0.717) is 23.2 Å². The summed E-state index contributed by atoms with van der Waals surface area (Å²) in [6.07, 6.45) is -4.03. The lowest BCUT2D eigenvalue weighted by Crippen LogP contribution is -2.31. The normalized spacial score (nSPS) is 11.6. The van der Waals surface area contributed by atoms with E-state index in [-0.39, 0.29) is 17.4 Å². The highest BCUT2D eigenvalue weighted by Crippen LogP contribution is 2.30. The summed E-state index contributed by atoms with van der Waals surface area (Å²) in [7, 11) is 1.60. The second-order valence-electron chi connectivity index (χ2n) is 6.93. The van der Waals surface area contributed by atoms with Crippen LogP contribution in [0.1, 0.15) is 12.0 Å². The zero-order chi connectivity index (χ0) is 23.6. The number of halogens is 3. The fourth-order valence-electron chi connectivity index (χ4n) is 3.06. The predicted octanol–water partition coefficient (Wildman–Crippen LogP) is 3.81. The molecule has 4 aromatic rings. The van der Waals surface area contributed by atoms with Gasteiger partial charge in [0.05, 0.1) is 28.3 Å². The van der Waals surface area contributed by atoms with Gasteiger partial charge in [-0.2, -0.15) is 13.2 Å². The van der Waals surface area contributed by atoms with Gasteiger partial charge >= 0.3 is 6.18 Å². The van der Waals surface area contributed by atoms with Crippen LogP contribution in [0.3, 0.4) is 0 Å². The summed E-state index contributed by atoms with van der Waals surface area (Å²) in [6, 6.07) is 8.38. The zero-order valence-electron chi connectivity index (χ0n) is 17.1. The Morgan fingerprint density at radius 1 is 1.21 bits per heavy atom. The van der Waals surface area contributed by atoms with Crippen LogP contribution in [0.4, 0.5) is 18.3 Å². The molecule has 0 aliphatic heterocycles. The number of rotatable bonds is 6. The molecule has 13 heteroatoms. The summed E-state index contributed by atoms with van der Waals surface area (Å²) >= 11 is 6.71. The Kier molecular flexibility index (Phi) is 6.42. The Bertz CT molecular complexity index is 1390. The van der Waals surface area contributed by atoms with Crippen molar-refractivity contribution < 1.29 is 17.9 Å². The second kappa shape index (κ2) is 9.27. The first-order chi connectivity index (χ1) is 15.7. The maximum atomic E-state index is 12.8. The fourth-order valence-corrected chi connectivity index (χ4v) is 4.22. The second-order valence-corrected chi connectivity index (χ2v) is 8.37.